The number of nitrogen functional groups attached to an aromatic ring is 1. The number of hydrogen-bond acceptors (Lipinski definition) is 4. The molecular weight excluding hydrogens is 289 g/mol. The molecule has 106 valence electrons. The lowest BCUT2D eigenvalue weighted by Crippen LogP contribution is -2.12. The van der Waals surface area contributed by atoms with Gasteiger partial charge in [-0.2, -0.15) is 5.26 Å². The van der Waals surface area contributed by atoms with Gasteiger partial charge in [0, 0.05) is 16.1 Å². The number of benzene rings is 1. The van der Waals surface area contributed by atoms with Crippen molar-refractivity contribution < 1.29 is 9.18 Å². The molecule has 1 aromatic carbocycles. The van der Waals surface area contributed by atoms with Crippen molar-refractivity contribution in [2.75, 3.05) is 11.1 Å². The average molecular weight is 301 g/mol. The zero-order chi connectivity index (χ0) is 15.0. The molecule has 3 rings (SSSR count). The van der Waals surface area contributed by atoms with E-state index >= 15 is 0 Å². The van der Waals surface area contributed by atoms with Crippen LogP contribution in [0.3, 0.4) is 0 Å². The van der Waals surface area contributed by atoms with E-state index < -0.39 is 11.7 Å². The van der Waals surface area contributed by atoms with Gasteiger partial charge >= 0.3 is 0 Å². The third-order valence-corrected chi connectivity index (χ3v) is 4.65. The van der Waals surface area contributed by atoms with Gasteiger partial charge in [0.05, 0.1) is 5.56 Å². The number of halogens is 1. The number of nitrogens with one attached hydrogen (secondary N) is 1. The number of nitrogens with two attached hydrogens (primary N) is 1. The fourth-order valence-corrected chi connectivity index (χ4v) is 3.76. The molecule has 6 heteroatoms. The number of fused-ring (bicyclic) bond motifs is 1. The van der Waals surface area contributed by atoms with E-state index in [1.54, 1.807) is 0 Å². The monoisotopic (exact) mass is 301 g/mol. The first-order valence-corrected chi connectivity index (χ1v) is 7.32. The normalized spacial score (nSPS) is 12.8. The lowest BCUT2D eigenvalue weighted by molar-refractivity contribution is 0.102. The predicted molar refractivity (Wildman–Crippen MR) is 79.8 cm³/mol. The number of carbonyl (C=O) groups excluding carboxylic acids is 1. The number of carbonyl (C=O) groups is 1. The molecule has 1 aliphatic rings. The van der Waals surface area contributed by atoms with Gasteiger partial charge in [-0.1, -0.05) is 0 Å². The van der Waals surface area contributed by atoms with Crippen LogP contribution in [-0.2, 0) is 12.8 Å². The maximum absolute atomic E-state index is 13.3. The van der Waals surface area contributed by atoms with Crippen LogP contribution in [0.2, 0.25) is 0 Å². The van der Waals surface area contributed by atoms with Crippen LogP contribution in [0.1, 0.15) is 32.8 Å². The minimum atomic E-state index is -0.561. The SMILES string of the molecule is N#Cc1c(NC(=O)c2cc(N)cc(F)c2)sc2c1CCC2. The highest BCUT2D eigenvalue weighted by molar-refractivity contribution is 7.16. The number of anilines is 2. The number of amides is 1. The van der Waals surface area contributed by atoms with Crippen LogP contribution in [-0.4, -0.2) is 5.91 Å². The Balaban J connectivity index is 1.90. The molecule has 0 aliphatic heterocycles. The zero-order valence-corrected chi connectivity index (χ0v) is 11.9. The second kappa shape index (κ2) is 5.19. The summed E-state index contributed by atoms with van der Waals surface area (Å²) in [5.41, 5.74) is 7.44. The number of nitrogens with zero attached hydrogens (tertiary/aromatic N) is 1. The maximum atomic E-state index is 13.3. The molecule has 0 saturated carbocycles. The van der Waals surface area contributed by atoms with Gasteiger partial charge in [0.2, 0.25) is 0 Å². The number of aryl methyl sites for hydroxylation is 1. The van der Waals surface area contributed by atoms with E-state index in [0.717, 1.165) is 41.8 Å². The number of rotatable bonds is 2. The van der Waals surface area contributed by atoms with Crippen LogP contribution in [0.5, 0.6) is 0 Å². The molecule has 21 heavy (non-hydrogen) atoms. The lowest BCUT2D eigenvalue weighted by Gasteiger charge is -2.05. The summed E-state index contributed by atoms with van der Waals surface area (Å²) < 4.78 is 13.3. The van der Waals surface area contributed by atoms with Crippen LogP contribution >= 0.6 is 11.3 Å². The molecule has 0 atom stereocenters. The Labute approximate surface area is 125 Å². The standard InChI is InChI=1S/C15H12FN3OS/c16-9-4-8(5-10(18)6-9)14(20)19-15-12(7-17)11-2-1-3-13(11)21-15/h4-6H,1-3,18H2,(H,19,20). The minimum Gasteiger partial charge on any atom is -0.399 e. The van der Waals surface area contributed by atoms with Crippen LogP contribution in [0.4, 0.5) is 15.1 Å². The highest BCUT2D eigenvalue weighted by Gasteiger charge is 2.23. The van der Waals surface area contributed by atoms with Crippen molar-refractivity contribution in [2.24, 2.45) is 0 Å². The summed E-state index contributed by atoms with van der Waals surface area (Å²) in [4.78, 5) is 13.3. The summed E-state index contributed by atoms with van der Waals surface area (Å²) in [6.07, 6.45) is 2.86. The third-order valence-electron chi connectivity index (χ3n) is 3.44. The second-order valence-corrected chi connectivity index (χ2v) is 6.01. The molecule has 1 amide bonds. The summed E-state index contributed by atoms with van der Waals surface area (Å²) in [5, 5.41) is 12.5. The van der Waals surface area contributed by atoms with Gasteiger partial charge in [-0.3, -0.25) is 4.79 Å². The van der Waals surface area contributed by atoms with Gasteiger partial charge in [-0.05, 0) is 43.0 Å². The molecule has 0 unspecified atom stereocenters. The summed E-state index contributed by atoms with van der Waals surface area (Å²) in [6.45, 7) is 0. The molecule has 4 nitrogen and oxygen atoms in total. The van der Waals surface area contributed by atoms with Crippen molar-refractivity contribution in [3.8, 4) is 6.07 Å². The van der Waals surface area contributed by atoms with Crippen molar-refractivity contribution in [1.29, 1.82) is 5.26 Å². The van der Waals surface area contributed by atoms with Gasteiger partial charge in [0.15, 0.2) is 0 Å². The average Bonchev–Trinajstić information content (AvgIpc) is 2.97. The molecule has 0 spiro atoms. The van der Waals surface area contributed by atoms with Gasteiger partial charge in [0.1, 0.15) is 16.9 Å². The van der Waals surface area contributed by atoms with Crippen LogP contribution in [0.15, 0.2) is 18.2 Å². The highest BCUT2D eigenvalue weighted by atomic mass is 32.1. The third kappa shape index (κ3) is 2.48. The Hall–Kier alpha value is -2.39. The van der Waals surface area contributed by atoms with Gasteiger partial charge in [-0.25, -0.2) is 4.39 Å². The predicted octanol–water partition coefficient (Wildman–Crippen LogP) is 3.08. The summed E-state index contributed by atoms with van der Waals surface area (Å²) >= 11 is 1.43. The van der Waals surface area contributed by atoms with E-state index in [2.05, 4.69) is 11.4 Å². The molecule has 1 aliphatic carbocycles. The molecule has 0 fully saturated rings. The summed E-state index contributed by atoms with van der Waals surface area (Å²) in [7, 11) is 0. The molecule has 1 aromatic heterocycles. The van der Waals surface area contributed by atoms with Crippen molar-refractivity contribution in [3.05, 3.63) is 45.6 Å². The summed E-state index contributed by atoms with van der Waals surface area (Å²) in [6, 6.07) is 5.83. The molecule has 0 radical (unpaired) electrons. The van der Waals surface area contributed by atoms with E-state index in [1.165, 1.54) is 17.4 Å². The van der Waals surface area contributed by atoms with Crippen LogP contribution in [0.25, 0.3) is 0 Å². The topological polar surface area (TPSA) is 78.9 Å². The number of thiophene rings is 1. The maximum Gasteiger partial charge on any atom is 0.256 e. The Kier molecular flexibility index (Phi) is 3.35. The van der Waals surface area contributed by atoms with Crippen molar-refractivity contribution in [3.63, 3.8) is 0 Å². The van der Waals surface area contributed by atoms with E-state index in [4.69, 9.17) is 5.73 Å². The first-order chi connectivity index (χ1) is 10.1. The zero-order valence-electron chi connectivity index (χ0n) is 11.1. The lowest BCUT2D eigenvalue weighted by atomic mass is 10.1. The van der Waals surface area contributed by atoms with Gasteiger partial charge in [-0.15, -0.1) is 11.3 Å². The first-order valence-electron chi connectivity index (χ1n) is 6.50. The minimum absolute atomic E-state index is 0.143. The first kappa shape index (κ1) is 13.6. The molecule has 0 saturated heterocycles. The molecule has 2 aromatic rings. The Morgan fingerprint density at radius 1 is 1.38 bits per heavy atom. The number of hydrogen-bond donors (Lipinski definition) is 2. The van der Waals surface area contributed by atoms with Crippen LogP contribution < -0.4 is 11.1 Å². The van der Waals surface area contributed by atoms with E-state index in [9.17, 15) is 14.4 Å². The van der Waals surface area contributed by atoms with E-state index in [0.29, 0.717) is 10.6 Å². The Morgan fingerprint density at radius 2 is 2.19 bits per heavy atom. The largest absolute Gasteiger partial charge is 0.399 e. The molecule has 1 heterocycles. The quantitative estimate of drug-likeness (QED) is 0.837. The van der Waals surface area contributed by atoms with E-state index in [-0.39, 0.29) is 11.3 Å². The molecular formula is C15H12FN3OS. The fourth-order valence-electron chi connectivity index (χ4n) is 2.53. The van der Waals surface area contributed by atoms with Gasteiger partial charge in [0.25, 0.3) is 5.91 Å². The Morgan fingerprint density at radius 3 is 2.90 bits per heavy atom. The van der Waals surface area contributed by atoms with Crippen molar-refractivity contribution >= 4 is 27.9 Å². The Bertz CT molecular complexity index is 756. The molecule has 0 bridgehead atoms. The highest BCUT2D eigenvalue weighted by Crippen LogP contribution is 2.38. The smallest absolute Gasteiger partial charge is 0.256 e. The second-order valence-electron chi connectivity index (χ2n) is 4.90. The number of nitriles is 1. The summed E-state index contributed by atoms with van der Waals surface area (Å²) in [5.74, 6) is -1.02. The van der Waals surface area contributed by atoms with Gasteiger partial charge < -0.3 is 11.1 Å². The van der Waals surface area contributed by atoms with Crippen LogP contribution in [0, 0.1) is 17.1 Å². The van der Waals surface area contributed by atoms with E-state index in [1.807, 2.05) is 0 Å². The molecule has 3 N–H and O–H groups in total. The van der Waals surface area contributed by atoms with Crippen molar-refractivity contribution in [1.82, 2.24) is 0 Å². The van der Waals surface area contributed by atoms with Crippen molar-refractivity contribution in [2.45, 2.75) is 19.3 Å². The fraction of sp³-hybridized carbons (Fsp3) is 0.200.